The summed E-state index contributed by atoms with van der Waals surface area (Å²) in [4.78, 5) is 15.3. The maximum atomic E-state index is 15.3. The van der Waals surface area contributed by atoms with Gasteiger partial charge < -0.3 is 149 Å². The molecule has 10 fully saturated rings. The lowest BCUT2D eigenvalue weighted by molar-refractivity contribution is -0.377. The monoisotopic (exact) mass is 1380 g/mol. The molecule has 37 atom stereocenters. The van der Waals surface area contributed by atoms with E-state index in [0.29, 0.717) is 44.9 Å². The van der Waals surface area contributed by atoms with E-state index in [1.807, 2.05) is 0 Å². The third-order valence-corrected chi connectivity index (χ3v) is 25.2. The third kappa shape index (κ3) is 12.9. The minimum Gasteiger partial charge on any atom is -0.432 e. The molecule has 0 aromatic heterocycles. The Bertz CT molecular complexity index is 2690. The lowest BCUT2D eigenvalue weighted by Crippen LogP contribution is -2.66. The molecule has 0 unspecified atom stereocenters. The van der Waals surface area contributed by atoms with Crippen molar-refractivity contribution in [1.29, 1.82) is 0 Å². The minimum absolute atomic E-state index is 0.0994. The molecule has 11 aliphatic rings. The van der Waals surface area contributed by atoms with Crippen molar-refractivity contribution in [2.75, 3.05) is 33.0 Å². The number of hydrogen-bond donors (Lipinski definition) is 18. The van der Waals surface area contributed by atoms with Crippen molar-refractivity contribution in [2.24, 2.45) is 50.2 Å². The minimum atomic E-state index is -1.94. The highest BCUT2D eigenvalue weighted by Crippen LogP contribution is 2.76. The third-order valence-electron chi connectivity index (χ3n) is 25.2. The van der Waals surface area contributed by atoms with E-state index >= 15 is 4.79 Å². The van der Waals surface area contributed by atoms with Crippen LogP contribution in [0.5, 0.6) is 0 Å². The van der Waals surface area contributed by atoms with Gasteiger partial charge in [0.2, 0.25) is 6.29 Å². The first-order valence-electron chi connectivity index (χ1n) is 34.1. The summed E-state index contributed by atoms with van der Waals surface area (Å²) in [5.74, 6) is -0.643. The van der Waals surface area contributed by atoms with Crippen molar-refractivity contribution in [3.8, 4) is 0 Å². The van der Waals surface area contributed by atoms with E-state index in [4.69, 9.17) is 56.8 Å². The second kappa shape index (κ2) is 28.3. The number of carbonyl (C=O) groups is 1. The average Bonchev–Trinajstić information content (AvgIpc) is 0.676. The molecule has 5 aliphatic carbocycles. The summed E-state index contributed by atoms with van der Waals surface area (Å²) in [5.41, 5.74) is -1.48. The van der Waals surface area contributed by atoms with Gasteiger partial charge in [0.25, 0.3) is 0 Å². The Morgan fingerprint density at radius 2 is 1.00 bits per heavy atom. The number of fused-ring (bicyclic) bond motifs is 7. The van der Waals surface area contributed by atoms with Crippen molar-refractivity contribution >= 4 is 5.97 Å². The molecule has 0 aromatic carbocycles. The van der Waals surface area contributed by atoms with Crippen molar-refractivity contribution < 1.29 is 154 Å². The quantitative estimate of drug-likeness (QED) is 0.0392. The molecular weight excluding hydrogens is 1280 g/mol. The Kier molecular flexibility index (Phi) is 22.1. The molecule has 4 saturated carbocycles. The molecule has 0 spiro atoms. The predicted molar refractivity (Wildman–Crippen MR) is 321 cm³/mol. The molecule has 31 heteroatoms. The van der Waals surface area contributed by atoms with Crippen molar-refractivity contribution in [1.82, 2.24) is 0 Å². The fourth-order valence-electron chi connectivity index (χ4n) is 19.1. The normalized spacial score (nSPS) is 54.1. The summed E-state index contributed by atoms with van der Waals surface area (Å²) in [5, 5.41) is 194. The number of aliphatic hydroxyl groups excluding tert-OH is 18. The first kappa shape index (κ1) is 75.2. The van der Waals surface area contributed by atoms with Crippen LogP contribution in [0.2, 0.25) is 0 Å². The van der Waals surface area contributed by atoms with Crippen molar-refractivity contribution in [3.63, 3.8) is 0 Å². The van der Waals surface area contributed by atoms with Crippen LogP contribution >= 0.6 is 0 Å². The Balaban J connectivity index is 0.740. The SMILES string of the molecule is C[C@@H]1O[C@@H](O[C@H]2[C@H](O)[C@@H](O)[C@H](OC[C@H]3O[C@@H](OC(=O)[C@]45CCC(C)(C)C[C@H]4C4=CC[C@@H]6[C@@]7(C)CC[C@H](O[C@@H]8OC[C@H](O)[C@H](O[C@@H]9O[C@H](CO)[C@@H](O[C@@H]%10O[C@H](CO)[C@@H](O)[C@H](O)[C@H]%10O)[C@H](O)[C@H]9O)[C@H]8O)C(C)(C)[C@@H]7CC[C@@]6(C)[C@]4(C)CC5)[C@H](O)[C@@H](O)[C@@H]3O)O[C@@H]2CO)[C@H](O)[C@H](O)[C@H]1O. The predicted octanol–water partition coefficient (Wildman–Crippen LogP) is -4.72. The molecule has 11 rings (SSSR count). The van der Waals surface area contributed by atoms with Crippen LogP contribution in [0.25, 0.3) is 0 Å². The number of carbonyl (C=O) groups excluding carboxylic acids is 1. The van der Waals surface area contributed by atoms with Gasteiger partial charge in [-0.25, -0.2) is 0 Å². The lowest BCUT2D eigenvalue weighted by atomic mass is 9.33. The van der Waals surface area contributed by atoms with Gasteiger partial charge in [-0.05, 0) is 116 Å². The van der Waals surface area contributed by atoms with Crippen molar-refractivity contribution in [3.05, 3.63) is 11.6 Å². The fourth-order valence-corrected chi connectivity index (χ4v) is 19.1. The highest BCUT2D eigenvalue weighted by molar-refractivity contribution is 5.79. The number of ether oxygens (including phenoxy) is 12. The van der Waals surface area contributed by atoms with Gasteiger partial charge in [-0.3, -0.25) is 4.79 Å². The molecule has 31 nitrogen and oxygen atoms in total. The van der Waals surface area contributed by atoms with Crippen LogP contribution in [0, 0.1) is 50.2 Å². The topological polar surface area (TPSA) is 492 Å². The average molecular weight is 1380 g/mol. The molecule has 0 amide bonds. The van der Waals surface area contributed by atoms with E-state index in [1.165, 1.54) is 12.5 Å². The van der Waals surface area contributed by atoms with Gasteiger partial charge in [0.15, 0.2) is 31.5 Å². The zero-order chi connectivity index (χ0) is 70.0. The Morgan fingerprint density at radius 3 is 1.61 bits per heavy atom. The first-order chi connectivity index (χ1) is 45.0. The van der Waals surface area contributed by atoms with Crippen LogP contribution in [0.3, 0.4) is 0 Å². The summed E-state index contributed by atoms with van der Waals surface area (Å²) < 4.78 is 70.7. The number of aliphatic hydroxyl groups is 18. The molecular formula is C65H106O31. The van der Waals surface area contributed by atoms with Gasteiger partial charge in [0.05, 0.1) is 50.7 Å². The molecule has 0 aromatic rings. The first-order valence-corrected chi connectivity index (χ1v) is 34.1. The zero-order valence-corrected chi connectivity index (χ0v) is 55.6. The maximum absolute atomic E-state index is 15.3. The molecule has 6 saturated heterocycles. The van der Waals surface area contributed by atoms with Gasteiger partial charge in [-0.1, -0.05) is 60.1 Å². The van der Waals surface area contributed by atoms with Gasteiger partial charge >= 0.3 is 5.97 Å². The van der Waals surface area contributed by atoms with Gasteiger partial charge in [0.1, 0.15) is 134 Å². The summed E-state index contributed by atoms with van der Waals surface area (Å²) in [7, 11) is 0. The van der Waals surface area contributed by atoms with Crippen LogP contribution in [0.1, 0.15) is 120 Å². The Labute approximate surface area is 556 Å². The highest BCUT2D eigenvalue weighted by Gasteiger charge is 2.71. The number of rotatable bonds is 16. The number of allylic oxidation sites excluding steroid dienone is 2. The lowest BCUT2D eigenvalue weighted by Gasteiger charge is -2.71. The van der Waals surface area contributed by atoms with Crippen LogP contribution in [-0.4, -0.2) is 315 Å². The summed E-state index contributed by atoms with van der Waals surface area (Å²) in [6, 6.07) is 0. The number of hydrogen-bond acceptors (Lipinski definition) is 31. The Morgan fingerprint density at radius 1 is 0.490 bits per heavy atom. The standard InChI is InChI=1S/C65H106O31/c1-25-36(70)39(73)44(78)55(87-25)94-51-30(21-67)89-53(47(81)42(51)76)86-24-32-38(72)41(75)46(80)58(91-32)96-59(84)65-17-15-60(2,3)19-27(65)26-9-10-34-62(6)13-12-35(61(4,5)33(62)11-14-64(34,8)63(26,7)16-18-65)92-54-49(83)50(28(69)23-85-54)93-57-48(82)43(77)52(31(22-68)90-57)95-56-45(79)40(74)37(71)29(20-66)88-56/h9,25,27-58,66-83H,10-24H2,1-8H3/t25-,27-,28-,29+,30+,31+,32+,33-,34+,35-,36-,37+,38+,39+,40-,41-,42+,43+,44+,45+,46+,47+,48+,49+,50-,51+,52+,53+,54-,55-,56-,57-,58-,62-,63+,64+,65-/m0/s1. The molecule has 96 heavy (non-hydrogen) atoms. The molecule has 6 aliphatic heterocycles. The maximum Gasteiger partial charge on any atom is 0.315 e. The molecule has 18 N–H and O–H groups in total. The van der Waals surface area contributed by atoms with Crippen molar-refractivity contribution in [2.45, 2.75) is 304 Å². The van der Waals surface area contributed by atoms with E-state index in [2.05, 4.69) is 54.5 Å². The van der Waals surface area contributed by atoms with Crippen LogP contribution in [0.15, 0.2) is 11.6 Å². The van der Waals surface area contributed by atoms with Crippen LogP contribution < -0.4 is 0 Å². The van der Waals surface area contributed by atoms with E-state index < -0.39 is 227 Å². The second-order valence-corrected chi connectivity index (χ2v) is 31.5. The number of esters is 1. The van der Waals surface area contributed by atoms with Crippen LogP contribution in [-0.2, 0) is 61.6 Å². The second-order valence-electron chi connectivity index (χ2n) is 31.5. The van der Waals surface area contributed by atoms with Gasteiger partial charge in [0, 0.05) is 0 Å². The van der Waals surface area contributed by atoms with Crippen LogP contribution in [0.4, 0.5) is 0 Å². The molecule has 552 valence electrons. The fraction of sp³-hybridized carbons (Fsp3) is 0.954. The smallest absolute Gasteiger partial charge is 0.315 e. The summed E-state index contributed by atoms with van der Waals surface area (Å²) in [6.07, 6.45) is -39.7. The molecule has 0 bridgehead atoms. The molecule has 0 radical (unpaired) electrons. The molecule has 6 heterocycles. The van der Waals surface area contributed by atoms with E-state index in [-0.39, 0.29) is 46.0 Å². The Hall–Kier alpha value is -1.95. The van der Waals surface area contributed by atoms with E-state index in [0.717, 1.165) is 19.3 Å². The summed E-state index contributed by atoms with van der Waals surface area (Å²) in [6.45, 7) is 13.8. The summed E-state index contributed by atoms with van der Waals surface area (Å²) >= 11 is 0. The van der Waals surface area contributed by atoms with Gasteiger partial charge in [-0.2, -0.15) is 0 Å². The largest absolute Gasteiger partial charge is 0.432 e. The van der Waals surface area contributed by atoms with Gasteiger partial charge in [-0.15, -0.1) is 0 Å². The van der Waals surface area contributed by atoms with E-state index in [9.17, 15) is 91.9 Å². The van der Waals surface area contributed by atoms with E-state index in [1.54, 1.807) is 0 Å². The highest BCUT2D eigenvalue weighted by atomic mass is 16.8. The zero-order valence-electron chi connectivity index (χ0n) is 55.6.